The first kappa shape index (κ1) is 20.8. The molecule has 1 fully saturated rings. The number of anilines is 1. The van der Waals surface area contributed by atoms with Gasteiger partial charge in [-0.15, -0.1) is 0 Å². The average Bonchev–Trinajstić information content (AvgIpc) is 2.69. The number of piperazine rings is 1. The standard InChI is InChI=1S/C20H22F3N3O3/c1-29-18-11-14(5-6-17(18)27)13-25-7-9-26(10-8-25)19(28)24-16-4-2-3-15(12-16)20(21,22)23/h2-6,11-12,27H,7-10,13H2,1H3,(H,24,28). The lowest BCUT2D eigenvalue weighted by Crippen LogP contribution is -2.49. The minimum atomic E-state index is -4.46. The first-order chi connectivity index (χ1) is 13.8. The number of alkyl halides is 3. The van der Waals surface area contributed by atoms with Gasteiger partial charge in [0.2, 0.25) is 0 Å². The summed E-state index contributed by atoms with van der Waals surface area (Å²) in [6, 6.07) is 9.32. The van der Waals surface area contributed by atoms with Crippen molar-refractivity contribution in [2.24, 2.45) is 0 Å². The number of halogens is 3. The summed E-state index contributed by atoms with van der Waals surface area (Å²) in [6.07, 6.45) is -4.46. The van der Waals surface area contributed by atoms with Crippen LogP contribution in [0.25, 0.3) is 0 Å². The van der Waals surface area contributed by atoms with E-state index in [2.05, 4.69) is 10.2 Å². The van der Waals surface area contributed by atoms with Gasteiger partial charge in [0.15, 0.2) is 11.5 Å². The average molecular weight is 409 g/mol. The van der Waals surface area contributed by atoms with Crippen molar-refractivity contribution in [3.05, 3.63) is 53.6 Å². The fraction of sp³-hybridized carbons (Fsp3) is 0.350. The number of hydrogen-bond donors (Lipinski definition) is 2. The highest BCUT2D eigenvalue weighted by Crippen LogP contribution is 2.31. The van der Waals surface area contributed by atoms with Crippen LogP contribution in [0.1, 0.15) is 11.1 Å². The summed E-state index contributed by atoms with van der Waals surface area (Å²) in [5.74, 6) is 0.480. The van der Waals surface area contributed by atoms with Crippen LogP contribution in [0.3, 0.4) is 0 Å². The fourth-order valence-corrected chi connectivity index (χ4v) is 3.16. The number of rotatable bonds is 4. The van der Waals surface area contributed by atoms with Gasteiger partial charge >= 0.3 is 12.2 Å². The third-order valence-electron chi connectivity index (χ3n) is 4.75. The second-order valence-corrected chi connectivity index (χ2v) is 6.78. The van der Waals surface area contributed by atoms with Crippen molar-refractivity contribution in [1.82, 2.24) is 9.80 Å². The lowest BCUT2D eigenvalue weighted by molar-refractivity contribution is -0.137. The molecule has 3 rings (SSSR count). The number of carbonyl (C=O) groups is 1. The zero-order valence-corrected chi connectivity index (χ0v) is 15.9. The SMILES string of the molecule is COc1cc(CN2CCN(C(=O)Nc3cccc(C(F)(F)F)c3)CC2)ccc1O. The molecule has 0 aromatic heterocycles. The number of urea groups is 1. The number of aromatic hydroxyl groups is 1. The molecular weight excluding hydrogens is 387 g/mol. The molecular formula is C20H22F3N3O3. The molecule has 2 aromatic carbocycles. The molecule has 2 amide bonds. The van der Waals surface area contributed by atoms with Crippen molar-refractivity contribution < 1.29 is 27.8 Å². The molecule has 0 unspecified atom stereocenters. The predicted molar refractivity (Wildman–Crippen MR) is 102 cm³/mol. The lowest BCUT2D eigenvalue weighted by atomic mass is 10.1. The molecule has 0 bridgehead atoms. The zero-order valence-electron chi connectivity index (χ0n) is 15.9. The summed E-state index contributed by atoms with van der Waals surface area (Å²) in [5.41, 5.74) is 0.286. The number of phenols is 1. The molecule has 9 heteroatoms. The quantitative estimate of drug-likeness (QED) is 0.807. The van der Waals surface area contributed by atoms with Gasteiger partial charge in [0.05, 0.1) is 12.7 Å². The normalized spacial score (nSPS) is 15.2. The number of nitrogens with zero attached hydrogens (tertiary/aromatic N) is 2. The van der Waals surface area contributed by atoms with Gasteiger partial charge in [-0.25, -0.2) is 4.79 Å². The minimum absolute atomic E-state index is 0.0762. The van der Waals surface area contributed by atoms with Crippen molar-refractivity contribution >= 4 is 11.7 Å². The molecule has 6 nitrogen and oxygen atoms in total. The van der Waals surface area contributed by atoms with E-state index < -0.39 is 17.8 Å². The van der Waals surface area contributed by atoms with E-state index in [4.69, 9.17) is 4.74 Å². The molecule has 1 aliphatic rings. The second-order valence-electron chi connectivity index (χ2n) is 6.78. The first-order valence-corrected chi connectivity index (χ1v) is 9.07. The van der Waals surface area contributed by atoms with Gasteiger partial charge in [-0.2, -0.15) is 13.2 Å². The molecule has 1 saturated heterocycles. The van der Waals surface area contributed by atoms with Crippen molar-refractivity contribution in [2.75, 3.05) is 38.6 Å². The molecule has 0 atom stereocenters. The summed E-state index contributed by atoms with van der Waals surface area (Å²) < 4.78 is 43.5. The van der Waals surface area contributed by atoms with Gasteiger partial charge in [-0.3, -0.25) is 4.90 Å². The van der Waals surface area contributed by atoms with E-state index in [0.717, 1.165) is 17.7 Å². The van der Waals surface area contributed by atoms with Crippen molar-refractivity contribution in [3.63, 3.8) is 0 Å². The van der Waals surface area contributed by atoms with Crippen LogP contribution in [0.4, 0.5) is 23.7 Å². The Morgan fingerprint density at radius 3 is 2.52 bits per heavy atom. The van der Waals surface area contributed by atoms with Gasteiger partial charge < -0.3 is 20.1 Å². The number of hydrogen-bond acceptors (Lipinski definition) is 4. The molecule has 0 aliphatic carbocycles. The number of benzene rings is 2. The van der Waals surface area contributed by atoms with Crippen LogP contribution in [0, 0.1) is 0 Å². The van der Waals surface area contributed by atoms with Crippen LogP contribution in [0.2, 0.25) is 0 Å². The predicted octanol–water partition coefficient (Wildman–Crippen LogP) is 3.77. The molecule has 0 saturated carbocycles. The molecule has 2 N–H and O–H groups in total. The number of nitrogens with one attached hydrogen (secondary N) is 1. The van der Waals surface area contributed by atoms with Crippen LogP contribution in [0.5, 0.6) is 11.5 Å². The van der Waals surface area contributed by atoms with Crippen LogP contribution >= 0.6 is 0 Å². The first-order valence-electron chi connectivity index (χ1n) is 9.07. The highest BCUT2D eigenvalue weighted by molar-refractivity contribution is 5.89. The third kappa shape index (κ3) is 5.32. The Morgan fingerprint density at radius 2 is 1.86 bits per heavy atom. The summed E-state index contributed by atoms with van der Waals surface area (Å²) in [6.45, 7) is 2.80. The lowest BCUT2D eigenvalue weighted by Gasteiger charge is -2.34. The Kier molecular flexibility index (Phi) is 6.17. The largest absolute Gasteiger partial charge is 0.504 e. The maximum atomic E-state index is 12.8. The highest BCUT2D eigenvalue weighted by Gasteiger charge is 2.30. The Balaban J connectivity index is 1.53. The van der Waals surface area contributed by atoms with Crippen LogP contribution < -0.4 is 10.1 Å². The molecule has 0 radical (unpaired) electrons. The topological polar surface area (TPSA) is 65.0 Å². The minimum Gasteiger partial charge on any atom is -0.504 e. The van der Waals surface area contributed by atoms with Gasteiger partial charge in [0.25, 0.3) is 0 Å². The van der Waals surface area contributed by atoms with E-state index in [1.54, 1.807) is 17.0 Å². The van der Waals surface area contributed by atoms with E-state index in [-0.39, 0.29) is 11.4 Å². The van der Waals surface area contributed by atoms with E-state index >= 15 is 0 Å². The smallest absolute Gasteiger partial charge is 0.416 e. The maximum Gasteiger partial charge on any atom is 0.416 e. The van der Waals surface area contributed by atoms with Crippen LogP contribution in [-0.4, -0.2) is 54.2 Å². The molecule has 0 spiro atoms. The summed E-state index contributed by atoms with van der Waals surface area (Å²) in [4.78, 5) is 16.1. The molecule has 1 heterocycles. The van der Waals surface area contributed by atoms with Crippen molar-refractivity contribution in [3.8, 4) is 11.5 Å². The van der Waals surface area contributed by atoms with E-state index in [1.807, 2.05) is 6.07 Å². The number of ether oxygens (including phenoxy) is 1. The molecule has 1 aliphatic heterocycles. The summed E-state index contributed by atoms with van der Waals surface area (Å²) >= 11 is 0. The number of carbonyl (C=O) groups excluding carboxylic acids is 1. The van der Waals surface area contributed by atoms with Gasteiger partial charge in [-0.05, 0) is 35.9 Å². The zero-order chi connectivity index (χ0) is 21.0. The van der Waals surface area contributed by atoms with E-state index in [0.29, 0.717) is 38.5 Å². The number of amides is 2. The van der Waals surface area contributed by atoms with Gasteiger partial charge in [0.1, 0.15) is 0 Å². The number of methoxy groups -OCH3 is 1. The van der Waals surface area contributed by atoms with Crippen molar-refractivity contribution in [2.45, 2.75) is 12.7 Å². The van der Waals surface area contributed by atoms with Crippen LogP contribution in [-0.2, 0) is 12.7 Å². The van der Waals surface area contributed by atoms with Crippen molar-refractivity contribution in [1.29, 1.82) is 0 Å². The Morgan fingerprint density at radius 1 is 1.14 bits per heavy atom. The molecule has 156 valence electrons. The summed E-state index contributed by atoms with van der Waals surface area (Å²) in [5, 5.41) is 12.2. The monoisotopic (exact) mass is 409 g/mol. The van der Waals surface area contributed by atoms with Gasteiger partial charge in [-0.1, -0.05) is 12.1 Å². The fourth-order valence-electron chi connectivity index (χ4n) is 3.16. The molecule has 2 aromatic rings. The number of phenolic OH excluding ortho intramolecular Hbond substituents is 1. The van der Waals surface area contributed by atoms with E-state index in [9.17, 15) is 23.1 Å². The Labute approximate surface area is 166 Å². The maximum absolute atomic E-state index is 12.8. The van der Waals surface area contributed by atoms with Gasteiger partial charge in [0, 0.05) is 38.4 Å². The highest BCUT2D eigenvalue weighted by atomic mass is 19.4. The van der Waals surface area contributed by atoms with Crippen LogP contribution in [0.15, 0.2) is 42.5 Å². The molecule has 29 heavy (non-hydrogen) atoms. The second kappa shape index (κ2) is 8.60. The van der Waals surface area contributed by atoms with E-state index in [1.165, 1.54) is 19.2 Å². The summed E-state index contributed by atoms with van der Waals surface area (Å²) in [7, 11) is 1.49. The third-order valence-corrected chi connectivity index (χ3v) is 4.75. The Hall–Kier alpha value is -2.94. The Bertz CT molecular complexity index is 866.